The first kappa shape index (κ1) is 10.0. The van der Waals surface area contributed by atoms with E-state index in [9.17, 15) is 0 Å². The van der Waals surface area contributed by atoms with Crippen LogP contribution in [0.2, 0.25) is 0 Å². The van der Waals surface area contributed by atoms with Gasteiger partial charge >= 0.3 is 6.73 Å². The van der Waals surface area contributed by atoms with Gasteiger partial charge in [0, 0.05) is 24.4 Å². The van der Waals surface area contributed by atoms with Gasteiger partial charge in [-0.1, -0.05) is 0 Å². The van der Waals surface area contributed by atoms with Crippen LogP contribution in [0, 0.1) is 0 Å². The Bertz CT molecular complexity index is 11.6. The number of rotatable bonds is 0. The molecule has 0 aliphatic heterocycles. The van der Waals surface area contributed by atoms with Gasteiger partial charge in [0.25, 0.3) is 0 Å². The van der Waals surface area contributed by atoms with E-state index in [1.54, 1.807) is 0 Å². The Morgan fingerprint density at radius 2 is 1.00 bits per heavy atom. The number of hydrogen-bond acceptors (Lipinski definition) is 0. The van der Waals surface area contributed by atoms with Crippen molar-refractivity contribution < 1.29 is 0 Å². The molecule has 0 saturated carbocycles. The molecule has 0 atom stereocenters. The summed E-state index contributed by atoms with van der Waals surface area (Å²) >= 11 is 14.7. The summed E-state index contributed by atoms with van der Waals surface area (Å²) in [6, 6.07) is 0. The molecular weight excluding hydrogens is 256 g/mol. The van der Waals surface area contributed by atoms with Crippen LogP contribution in [0.4, 0.5) is 0 Å². The standard InChI is InChI=1S/Cl3Si.Sb/c1-4(2)3;. The van der Waals surface area contributed by atoms with E-state index in [2.05, 4.69) is 0 Å². The van der Waals surface area contributed by atoms with E-state index < -0.39 is 6.73 Å². The first-order chi connectivity index (χ1) is 1.73. The van der Waals surface area contributed by atoms with Gasteiger partial charge in [-0.15, -0.1) is 33.2 Å². The average molecular weight is 256 g/mol. The maximum Gasteiger partial charge on any atom is 0.376 e. The van der Waals surface area contributed by atoms with Crippen molar-refractivity contribution in [1.29, 1.82) is 0 Å². The third kappa shape index (κ3) is 24.8. The Hall–Kier alpha value is 1.91. The van der Waals surface area contributed by atoms with Gasteiger partial charge in [0.15, 0.2) is 0 Å². The molecule has 30 valence electrons. The van der Waals surface area contributed by atoms with Crippen LogP contribution in [0.5, 0.6) is 0 Å². The molecule has 0 spiro atoms. The van der Waals surface area contributed by atoms with Crippen LogP contribution < -0.4 is 0 Å². The van der Waals surface area contributed by atoms with Crippen molar-refractivity contribution in [1.82, 2.24) is 0 Å². The molecule has 0 bridgehead atoms. The Morgan fingerprint density at radius 1 is 1.00 bits per heavy atom. The van der Waals surface area contributed by atoms with Gasteiger partial charge in [-0.05, 0) is 0 Å². The van der Waals surface area contributed by atoms with E-state index in [1.165, 1.54) is 0 Å². The quantitative estimate of drug-likeness (QED) is 0.453. The third-order valence-corrected chi connectivity index (χ3v) is 0. The van der Waals surface area contributed by atoms with Crippen LogP contribution in [0.25, 0.3) is 0 Å². The molecule has 0 aromatic carbocycles. The second-order valence-electron chi connectivity index (χ2n) is 0.214. The average Bonchev–Trinajstić information content (AvgIpc) is 0.811. The van der Waals surface area contributed by atoms with Crippen LogP contribution in [-0.2, 0) is 0 Å². The van der Waals surface area contributed by atoms with E-state index in [4.69, 9.17) is 33.2 Å². The second kappa shape index (κ2) is 5.91. The van der Waals surface area contributed by atoms with E-state index in [1.807, 2.05) is 0 Å². The summed E-state index contributed by atoms with van der Waals surface area (Å²) in [5.41, 5.74) is 0. The zero-order valence-corrected chi connectivity index (χ0v) is 7.90. The summed E-state index contributed by atoms with van der Waals surface area (Å²) in [4.78, 5) is 0. The maximum atomic E-state index is 4.91. The molecule has 0 saturated heterocycles. The smallest absolute Gasteiger partial charge is 0.125 e. The van der Waals surface area contributed by atoms with E-state index >= 15 is 0 Å². The summed E-state index contributed by atoms with van der Waals surface area (Å²) in [5.74, 6) is 0. The van der Waals surface area contributed by atoms with Gasteiger partial charge in [0.05, 0.1) is 0 Å². The summed E-state index contributed by atoms with van der Waals surface area (Å²) in [6.45, 7) is -1.46. The molecule has 0 amide bonds. The zero-order valence-electron chi connectivity index (χ0n) is 2.08. The Kier molecular flexibility index (Phi) is 11.8. The molecule has 5 heteroatoms. The molecule has 0 heterocycles. The van der Waals surface area contributed by atoms with Crippen LogP contribution in [0.15, 0.2) is 0 Å². The third-order valence-electron chi connectivity index (χ3n) is 0. The van der Waals surface area contributed by atoms with Crippen molar-refractivity contribution in [3.05, 3.63) is 0 Å². The summed E-state index contributed by atoms with van der Waals surface area (Å²) in [7, 11) is 0. The number of hydrogen-bond donors (Lipinski definition) is 0. The first-order valence-corrected chi connectivity index (χ1v) is 5.10. The van der Waals surface area contributed by atoms with E-state index in [-0.39, 0.29) is 24.4 Å². The largest absolute Gasteiger partial charge is 0.376 e. The Morgan fingerprint density at radius 3 is 1.00 bits per heavy atom. The first-order valence-electron chi connectivity index (χ1n) is 0.567. The van der Waals surface area contributed by atoms with Crippen molar-refractivity contribution in [2.24, 2.45) is 0 Å². The monoisotopic (exact) mass is 254 g/mol. The molecule has 0 aromatic rings. The predicted molar refractivity (Wildman–Crippen MR) is 29.1 cm³/mol. The van der Waals surface area contributed by atoms with Gasteiger partial charge in [-0.25, -0.2) is 0 Å². The van der Waals surface area contributed by atoms with Gasteiger partial charge in [0.2, 0.25) is 0 Å². The minimum Gasteiger partial charge on any atom is -0.125 e. The van der Waals surface area contributed by atoms with E-state index in [0.29, 0.717) is 0 Å². The Balaban J connectivity index is 0. The van der Waals surface area contributed by atoms with Crippen molar-refractivity contribution in [2.75, 3.05) is 0 Å². The maximum absolute atomic E-state index is 4.91. The molecule has 0 rings (SSSR count). The fraction of sp³-hybridized carbons (Fsp3) is 0. The molecule has 0 fully saturated rings. The molecule has 0 aliphatic rings. The number of halogens is 3. The minimum absolute atomic E-state index is 0. The minimum atomic E-state index is -1.46. The molecule has 0 aliphatic carbocycles. The van der Waals surface area contributed by atoms with Gasteiger partial charge in [-0.2, -0.15) is 0 Å². The molecule has 4 radical (unpaired) electrons. The van der Waals surface area contributed by atoms with Crippen LogP contribution in [-0.4, -0.2) is 31.2 Å². The SMILES string of the molecule is Cl[Si](Cl)Cl.[Sb]. The second-order valence-corrected chi connectivity index (χ2v) is 5.79. The van der Waals surface area contributed by atoms with Crippen molar-refractivity contribution >= 4 is 64.4 Å². The molecular formula is Cl3SbSi. The Labute approximate surface area is 63.9 Å². The van der Waals surface area contributed by atoms with Crippen LogP contribution in [0.1, 0.15) is 0 Å². The molecule has 0 N–H and O–H groups in total. The van der Waals surface area contributed by atoms with Crippen molar-refractivity contribution in [3.63, 3.8) is 0 Å². The fourth-order valence-electron chi connectivity index (χ4n) is 0. The van der Waals surface area contributed by atoms with Crippen LogP contribution in [0.3, 0.4) is 0 Å². The molecule has 0 nitrogen and oxygen atoms in total. The van der Waals surface area contributed by atoms with Gasteiger partial charge < -0.3 is 0 Å². The van der Waals surface area contributed by atoms with Crippen molar-refractivity contribution in [3.8, 4) is 0 Å². The normalized spacial score (nSPS) is 7.20. The fourth-order valence-corrected chi connectivity index (χ4v) is 0. The van der Waals surface area contributed by atoms with E-state index in [0.717, 1.165) is 0 Å². The van der Waals surface area contributed by atoms with Gasteiger partial charge in [-0.3, -0.25) is 0 Å². The summed E-state index contributed by atoms with van der Waals surface area (Å²) in [5, 5.41) is 0. The molecule has 5 heavy (non-hydrogen) atoms. The summed E-state index contributed by atoms with van der Waals surface area (Å²) < 4.78 is 0. The van der Waals surface area contributed by atoms with Gasteiger partial charge in [0.1, 0.15) is 0 Å². The van der Waals surface area contributed by atoms with Crippen molar-refractivity contribution in [2.45, 2.75) is 0 Å². The molecule has 0 aromatic heterocycles. The molecule has 0 unspecified atom stereocenters. The summed E-state index contributed by atoms with van der Waals surface area (Å²) in [6.07, 6.45) is 0. The van der Waals surface area contributed by atoms with Crippen LogP contribution >= 0.6 is 33.2 Å². The zero-order chi connectivity index (χ0) is 3.58. The topological polar surface area (TPSA) is 0 Å². The predicted octanol–water partition coefficient (Wildman–Crippen LogP) is 1.31.